The van der Waals surface area contributed by atoms with Gasteiger partial charge in [0, 0.05) is 45.5 Å². The zero-order valence-electron chi connectivity index (χ0n) is 14.0. The topological polar surface area (TPSA) is 47.0 Å². The highest BCUT2D eigenvalue weighted by Crippen LogP contribution is 2.27. The van der Waals surface area contributed by atoms with Crippen molar-refractivity contribution in [2.45, 2.75) is 25.9 Å². The minimum Gasteiger partial charge on any atom is -0.480 e. The lowest BCUT2D eigenvalue weighted by Crippen LogP contribution is -2.54. The smallest absolute Gasteiger partial charge is 0.325 e. The van der Waals surface area contributed by atoms with Crippen LogP contribution in [0.5, 0.6) is 0 Å². The maximum absolute atomic E-state index is 11.8. The van der Waals surface area contributed by atoms with Crippen molar-refractivity contribution in [2.24, 2.45) is 0 Å². The molecule has 122 valence electrons. The second-order valence-corrected chi connectivity index (χ2v) is 6.21. The van der Waals surface area contributed by atoms with Gasteiger partial charge in [0.25, 0.3) is 0 Å². The van der Waals surface area contributed by atoms with E-state index in [1.807, 2.05) is 43.3 Å². The molecule has 22 heavy (non-hydrogen) atoms. The summed E-state index contributed by atoms with van der Waals surface area (Å²) < 4.78 is 0. The third-order valence-corrected chi connectivity index (χ3v) is 4.50. The Morgan fingerprint density at radius 2 is 1.95 bits per heavy atom. The molecule has 2 atom stereocenters. The third kappa shape index (κ3) is 3.59. The monoisotopic (exact) mass is 305 g/mol. The first-order chi connectivity index (χ1) is 10.4. The summed E-state index contributed by atoms with van der Waals surface area (Å²) in [7, 11) is 3.96. The molecule has 1 aromatic carbocycles. The van der Waals surface area contributed by atoms with Crippen molar-refractivity contribution < 1.29 is 9.90 Å². The van der Waals surface area contributed by atoms with Crippen LogP contribution in [-0.4, -0.2) is 67.2 Å². The summed E-state index contributed by atoms with van der Waals surface area (Å²) in [6.07, 6.45) is 0. The summed E-state index contributed by atoms with van der Waals surface area (Å²) in [6.45, 7) is 7.94. The minimum absolute atomic E-state index is 0.239. The molecule has 0 amide bonds. The first-order valence-corrected chi connectivity index (χ1v) is 7.92. The lowest BCUT2D eigenvalue weighted by Gasteiger charge is -2.42. The number of carboxylic acids is 1. The van der Waals surface area contributed by atoms with E-state index >= 15 is 0 Å². The van der Waals surface area contributed by atoms with Gasteiger partial charge in [-0.2, -0.15) is 0 Å². The van der Waals surface area contributed by atoms with Crippen molar-refractivity contribution in [3.63, 3.8) is 0 Å². The van der Waals surface area contributed by atoms with Crippen LogP contribution in [0.4, 0.5) is 5.69 Å². The molecule has 1 aromatic rings. The van der Waals surface area contributed by atoms with E-state index in [2.05, 4.69) is 23.6 Å². The predicted octanol–water partition coefficient (Wildman–Crippen LogP) is 1.90. The molecule has 5 heteroatoms. The normalized spacial score (nSPS) is 21.5. The third-order valence-electron chi connectivity index (χ3n) is 4.50. The molecule has 1 fully saturated rings. The molecule has 0 saturated carbocycles. The van der Waals surface area contributed by atoms with Crippen LogP contribution < -0.4 is 4.90 Å². The van der Waals surface area contributed by atoms with Crippen LogP contribution >= 0.6 is 0 Å². The molecule has 1 N–H and O–H groups in total. The first kappa shape index (κ1) is 16.8. The van der Waals surface area contributed by atoms with Gasteiger partial charge in [-0.25, -0.2) is 0 Å². The molecule has 0 bridgehead atoms. The van der Waals surface area contributed by atoms with Gasteiger partial charge in [0.1, 0.15) is 6.04 Å². The number of hydrogen-bond acceptors (Lipinski definition) is 4. The SMILES string of the molecule is CCN1CCN(C(C(=O)O)c2ccc(N(C)C)cc2)C(C)C1. The quantitative estimate of drug-likeness (QED) is 0.900. The molecule has 1 heterocycles. The van der Waals surface area contributed by atoms with E-state index in [1.165, 1.54) is 0 Å². The Morgan fingerprint density at radius 1 is 1.32 bits per heavy atom. The van der Waals surface area contributed by atoms with Gasteiger partial charge < -0.3 is 14.9 Å². The first-order valence-electron chi connectivity index (χ1n) is 7.92. The Bertz CT molecular complexity index is 501. The summed E-state index contributed by atoms with van der Waals surface area (Å²) in [5.41, 5.74) is 1.94. The van der Waals surface area contributed by atoms with Crippen LogP contribution in [0.25, 0.3) is 0 Å². The molecule has 1 aliphatic heterocycles. The largest absolute Gasteiger partial charge is 0.480 e. The molecule has 0 aromatic heterocycles. The number of piperazine rings is 1. The number of likely N-dealkylation sites (N-methyl/N-ethyl adjacent to an activating group) is 1. The van der Waals surface area contributed by atoms with Gasteiger partial charge >= 0.3 is 5.97 Å². The highest BCUT2D eigenvalue weighted by Gasteiger charge is 2.34. The number of carboxylic acid groups (broad SMARTS) is 1. The van der Waals surface area contributed by atoms with Crippen LogP contribution in [0.1, 0.15) is 25.5 Å². The van der Waals surface area contributed by atoms with Crippen LogP contribution in [0.15, 0.2) is 24.3 Å². The highest BCUT2D eigenvalue weighted by atomic mass is 16.4. The van der Waals surface area contributed by atoms with Gasteiger partial charge in [-0.15, -0.1) is 0 Å². The van der Waals surface area contributed by atoms with Gasteiger partial charge in [0.2, 0.25) is 0 Å². The minimum atomic E-state index is -0.769. The molecule has 2 unspecified atom stereocenters. The molecule has 0 aliphatic carbocycles. The average Bonchev–Trinajstić information content (AvgIpc) is 2.49. The molecule has 1 saturated heterocycles. The number of nitrogens with zero attached hydrogens (tertiary/aromatic N) is 3. The van der Waals surface area contributed by atoms with E-state index < -0.39 is 12.0 Å². The number of carbonyl (C=O) groups is 1. The van der Waals surface area contributed by atoms with Crippen molar-refractivity contribution in [1.82, 2.24) is 9.80 Å². The van der Waals surface area contributed by atoms with E-state index in [1.54, 1.807) is 0 Å². The lowest BCUT2D eigenvalue weighted by molar-refractivity contribution is -0.145. The predicted molar refractivity (Wildman–Crippen MR) is 89.4 cm³/mol. The van der Waals surface area contributed by atoms with Crippen LogP contribution in [0.3, 0.4) is 0 Å². The fraction of sp³-hybridized carbons (Fsp3) is 0.588. The number of aliphatic carboxylic acids is 1. The Hall–Kier alpha value is -1.59. The van der Waals surface area contributed by atoms with E-state index in [9.17, 15) is 9.90 Å². The highest BCUT2D eigenvalue weighted by molar-refractivity contribution is 5.76. The maximum atomic E-state index is 11.8. The van der Waals surface area contributed by atoms with Gasteiger partial charge in [-0.1, -0.05) is 19.1 Å². The van der Waals surface area contributed by atoms with Gasteiger partial charge in [0.15, 0.2) is 0 Å². The summed E-state index contributed by atoms with van der Waals surface area (Å²) in [5.74, 6) is -0.769. The summed E-state index contributed by atoms with van der Waals surface area (Å²) >= 11 is 0. The lowest BCUT2D eigenvalue weighted by atomic mass is 10.0. The molecular formula is C17H27N3O2. The number of benzene rings is 1. The van der Waals surface area contributed by atoms with E-state index in [0.717, 1.165) is 37.4 Å². The van der Waals surface area contributed by atoms with Crippen molar-refractivity contribution >= 4 is 11.7 Å². The Morgan fingerprint density at radius 3 is 2.41 bits per heavy atom. The Kier molecular flexibility index (Phi) is 5.42. The van der Waals surface area contributed by atoms with Crippen molar-refractivity contribution in [3.05, 3.63) is 29.8 Å². The summed E-state index contributed by atoms with van der Waals surface area (Å²) in [5, 5.41) is 9.73. The van der Waals surface area contributed by atoms with Crippen molar-refractivity contribution in [3.8, 4) is 0 Å². The number of hydrogen-bond donors (Lipinski definition) is 1. The standard InChI is InChI=1S/C17H27N3O2/c1-5-19-10-11-20(13(2)12-19)16(17(21)22)14-6-8-15(9-7-14)18(3)4/h6-9,13,16H,5,10-12H2,1-4H3,(H,21,22). The molecule has 1 aliphatic rings. The fourth-order valence-electron chi connectivity index (χ4n) is 3.15. The Balaban J connectivity index is 2.21. The van der Waals surface area contributed by atoms with Crippen molar-refractivity contribution in [1.29, 1.82) is 0 Å². The second kappa shape index (κ2) is 7.11. The summed E-state index contributed by atoms with van der Waals surface area (Å²) in [4.78, 5) is 18.3. The van der Waals surface area contributed by atoms with Crippen LogP contribution in [0.2, 0.25) is 0 Å². The summed E-state index contributed by atoms with van der Waals surface area (Å²) in [6, 6.07) is 7.52. The van der Waals surface area contributed by atoms with Gasteiger partial charge in [-0.05, 0) is 31.2 Å². The molecule has 0 radical (unpaired) electrons. The van der Waals surface area contributed by atoms with E-state index in [4.69, 9.17) is 0 Å². The second-order valence-electron chi connectivity index (χ2n) is 6.21. The molecular weight excluding hydrogens is 278 g/mol. The van der Waals surface area contributed by atoms with E-state index in [-0.39, 0.29) is 6.04 Å². The van der Waals surface area contributed by atoms with Gasteiger partial charge in [0.05, 0.1) is 0 Å². The maximum Gasteiger partial charge on any atom is 0.325 e. The van der Waals surface area contributed by atoms with Crippen LogP contribution in [0, 0.1) is 0 Å². The number of anilines is 1. The number of rotatable bonds is 5. The van der Waals surface area contributed by atoms with Crippen LogP contribution in [-0.2, 0) is 4.79 Å². The average molecular weight is 305 g/mol. The fourth-order valence-corrected chi connectivity index (χ4v) is 3.15. The molecule has 2 rings (SSSR count). The molecule has 0 spiro atoms. The van der Waals surface area contributed by atoms with Crippen molar-refractivity contribution in [2.75, 3.05) is 45.2 Å². The van der Waals surface area contributed by atoms with E-state index in [0.29, 0.717) is 0 Å². The zero-order chi connectivity index (χ0) is 16.3. The Labute approximate surface area is 133 Å². The van der Waals surface area contributed by atoms with Gasteiger partial charge in [-0.3, -0.25) is 9.69 Å². The molecule has 5 nitrogen and oxygen atoms in total. The zero-order valence-corrected chi connectivity index (χ0v) is 14.0.